The summed E-state index contributed by atoms with van der Waals surface area (Å²) < 4.78 is 11.0. The fourth-order valence-electron chi connectivity index (χ4n) is 2.32. The van der Waals surface area contributed by atoms with Gasteiger partial charge >= 0.3 is 0 Å². The van der Waals surface area contributed by atoms with Gasteiger partial charge in [-0.25, -0.2) is 0 Å². The molecule has 3 rings (SSSR count). The van der Waals surface area contributed by atoms with Crippen molar-refractivity contribution in [2.24, 2.45) is 0 Å². The van der Waals surface area contributed by atoms with E-state index >= 15 is 0 Å². The molecule has 0 bridgehead atoms. The Morgan fingerprint density at radius 2 is 2.00 bits per heavy atom. The number of benzene rings is 2. The van der Waals surface area contributed by atoms with Crippen LogP contribution in [-0.2, 0) is 4.79 Å². The molecule has 0 aliphatic heterocycles. The second-order valence-electron chi connectivity index (χ2n) is 5.08. The zero-order valence-electron chi connectivity index (χ0n) is 13.4. The first-order valence-electron chi connectivity index (χ1n) is 7.39. The van der Waals surface area contributed by atoms with Gasteiger partial charge in [0.05, 0.1) is 7.11 Å². The number of fused-ring (bicyclic) bond motifs is 1. The summed E-state index contributed by atoms with van der Waals surface area (Å²) >= 11 is 1.66. The van der Waals surface area contributed by atoms with Crippen molar-refractivity contribution in [3.05, 3.63) is 60.4 Å². The van der Waals surface area contributed by atoms with Gasteiger partial charge in [-0.2, -0.15) is 0 Å². The molecule has 0 saturated carbocycles. The minimum atomic E-state index is -0.209. The predicted octanol–water partition coefficient (Wildman–Crippen LogP) is 4.82. The van der Waals surface area contributed by atoms with Gasteiger partial charge in [0.15, 0.2) is 11.3 Å². The zero-order chi connectivity index (χ0) is 16.9. The lowest BCUT2D eigenvalue weighted by Gasteiger charge is -2.02. The van der Waals surface area contributed by atoms with Gasteiger partial charge < -0.3 is 14.5 Å². The van der Waals surface area contributed by atoms with Gasteiger partial charge in [-0.15, -0.1) is 11.8 Å². The van der Waals surface area contributed by atoms with Crippen LogP contribution in [0.3, 0.4) is 0 Å². The van der Waals surface area contributed by atoms with Gasteiger partial charge in [0.2, 0.25) is 5.91 Å². The number of hydrogen-bond acceptors (Lipinski definition) is 4. The minimum absolute atomic E-state index is 0.209. The van der Waals surface area contributed by atoms with Crippen LogP contribution in [-0.4, -0.2) is 19.3 Å². The van der Waals surface area contributed by atoms with Gasteiger partial charge in [0, 0.05) is 22.0 Å². The van der Waals surface area contributed by atoms with Crippen LogP contribution in [0.2, 0.25) is 0 Å². The van der Waals surface area contributed by atoms with E-state index in [1.165, 1.54) is 6.08 Å². The number of methoxy groups -OCH3 is 1. The van der Waals surface area contributed by atoms with Gasteiger partial charge in [0.25, 0.3) is 0 Å². The summed E-state index contributed by atoms with van der Waals surface area (Å²) in [7, 11) is 1.60. The van der Waals surface area contributed by atoms with Gasteiger partial charge in [-0.1, -0.05) is 12.1 Å². The first-order chi connectivity index (χ1) is 11.7. The number of amides is 1. The lowest BCUT2D eigenvalue weighted by atomic mass is 10.2. The van der Waals surface area contributed by atoms with Crippen molar-refractivity contribution in [2.75, 3.05) is 18.7 Å². The number of anilines is 1. The molecule has 0 aliphatic rings. The Balaban J connectivity index is 1.71. The summed E-state index contributed by atoms with van der Waals surface area (Å²) in [4.78, 5) is 13.2. The molecular formula is C19H17NO3S. The Morgan fingerprint density at radius 1 is 1.21 bits per heavy atom. The third-order valence-corrected chi connectivity index (χ3v) is 4.25. The number of carbonyl (C=O) groups is 1. The van der Waals surface area contributed by atoms with E-state index < -0.39 is 0 Å². The van der Waals surface area contributed by atoms with Crippen LogP contribution in [0.1, 0.15) is 5.76 Å². The number of para-hydroxylation sites is 1. The van der Waals surface area contributed by atoms with Gasteiger partial charge in [0.1, 0.15) is 5.76 Å². The molecular weight excluding hydrogens is 322 g/mol. The largest absolute Gasteiger partial charge is 0.493 e. The Hall–Kier alpha value is -2.66. The van der Waals surface area contributed by atoms with E-state index in [1.54, 1.807) is 24.9 Å². The van der Waals surface area contributed by atoms with Crippen molar-refractivity contribution in [3.63, 3.8) is 0 Å². The quantitative estimate of drug-likeness (QED) is 0.535. The van der Waals surface area contributed by atoms with Gasteiger partial charge in [-0.3, -0.25) is 4.79 Å². The summed E-state index contributed by atoms with van der Waals surface area (Å²) in [5.41, 5.74) is 1.43. The van der Waals surface area contributed by atoms with E-state index in [2.05, 4.69) is 5.32 Å². The molecule has 122 valence electrons. The molecule has 1 amide bonds. The summed E-state index contributed by atoms with van der Waals surface area (Å²) in [5, 5.41) is 3.75. The standard InChI is InChI=1S/C19H17NO3S/c1-22-17-5-3-4-13-12-15(23-19(13)17)8-11-18(21)20-14-6-9-16(24-2)10-7-14/h3-12H,1-2H3,(H,20,21)/b11-8+. The van der Waals surface area contributed by atoms with Crippen LogP contribution >= 0.6 is 11.8 Å². The van der Waals surface area contributed by atoms with Crippen LogP contribution in [0.5, 0.6) is 5.75 Å². The van der Waals surface area contributed by atoms with Crippen LogP contribution < -0.4 is 10.1 Å². The number of rotatable bonds is 5. The molecule has 0 spiro atoms. The Morgan fingerprint density at radius 3 is 2.71 bits per heavy atom. The fourth-order valence-corrected chi connectivity index (χ4v) is 2.72. The summed E-state index contributed by atoms with van der Waals surface area (Å²) in [6.07, 6.45) is 5.11. The average Bonchev–Trinajstić information content (AvgIpc) is 3.03. The highest BCUT2D eigenvalue weighted by molar-refractivity contribution is 7.98. The molecule has 0 unspecified atom stereocenters. The lowest BCUT2D eigenvalue weighted by Crippen LogP contribution is -2.07. The smallest absolute Gasteiger partial charge is 0.248 e. The Bertz CT molecular complexity index is 881. The van der Waals surface area contributed by atoms with Crippen LogP contribution in [0.15, 0.2) is 63.9 Å². The van der Waals surface area contributed by atoms with Crippen molar-refractivity contribution < 1.29 is 13.9 Å². The maximum absolute atomic E-state index is 12.0. The molecule has 1 aromatic heterocycles. The third kappa shape index (κ3) is 3.63. The molecule has 0 fully saturated rings. The second kappa shape index (κ2) is 7.27. The van der Waals surface area contributed by atoms with Crippen LogP contribution in [0.25, 0.3) is 17.0 Å². The molecule has 0 aliphatic carbocycles. The lowest BCUT2D eigenvalue weighted by molar-refractivity contribution is -0.111. The number of carbonyl (C=O) groups excluding carboxylic acids is 1. The number of furan rings is 1. The normalized spacial score (nSPS) is 11.1. The minimum Gasteiger partial charge on any atom is -0.493 e. The van der Waals surface area contributed by atoms with E-state index in [9.17, 15) is 4.79 Å². The van der Waals surface area contributed by atoms with Crippen LogP contribution in [0.4, 0.5) is 5.69 Å². The third-order valence-electron chi connectivity index (χ3n) is 3.50. The van der Waals surface area contributed by atoms with Crippen molar-refractivity contribution in [1.29, 1.82) is 0 Å². The highest BCUT2D eigenvalue weighted by Gasteiger charge is 2.07. The summed E-state index contributed by atoms with van der Waals surface area (Å²) in [5.74, 6) is 1.06. The maximum Gasteiger partial charge on any atom is 0.248 e. The van der Waals surface area contributed by atoms with E-state index in [-0.39, 0.29) is 5.91 Å². The SMILES string of the molecule is COc1cccc2cc(/C=C/C(=O)Nc3ccc(SC)cc3)oc12. The highest BCUT2D eigenvalue weighted by atomic mass is 32.2. The van der Waals surface area contributed by atoms with Crippen molar-refractivity contribution >= 4 is 40.4 Å². The number of thioether (sulfide) groups is 1. The first-order valence-corrected chi connectivity index (χ1v) is 8.62. The molecule has 5 heteroatoms. The molecule has 2 aromatic carbocycles. The first kappa shape index (κ1) is 16.2. The predicted molar refractivity (Wildman–Crippen MR) is 98.7 cm³/mol. The van der Waals surface area contributed by atoms with Crippen LogP contribution in [0, 0.1) is 0 Å². The van der Waals surface area contributed by atoms with E-state index in [0.717, 1.165) is 16.0 Å². The van der Waals surface area contributed by atoms with Crippen molar-refractivity contribution in [3.8, 4) is 5.75 Å². The molecule has 0 radical (unpaired) electrons. The Labute approximate surface area is 144 Å². The molecule has 1 N–H and O–H groups in total. The topological polar surface area (TPSA) is 51.5 Å². The fraction of sp³-hybridized carbons (Fsp3) is 0.105. The molecule has 0 atom stereocenters. The van der Waals surface area contributed by atoms with E-state index in [4.69, 9.17) is 9.15 Å². The molecule has 1 heterocycles. The molecule has 3 aromatic rings. The monoisotopic (exact) mass is 339 g/mol. The van der Waals surface area contributed by atoms with Gasteiger partial charge in [-0.05, 0) is 48.7 Å². The number of ether oxygens (including phenoxy) is 1. The number of hydrogen-bond donors (Lipinski definition) is 1. The van der Waals surface area contributed by atoms with Crippen molar-refractivity contribution in [2.45, 2.75) is 4.90 Å². The zero-order valence-corrected chi connectivity index (χ0v) is 14.2. The van der Waals surface area contributed by atoms with E-state index in [0.29, 0.717) is 17.1 Å². The maximum atomic E-state index is 12.0. The van der Waals surface area contributed by atoms with E-state index in [1.807, 2.05) is 54.8 Å². The number of nitrogens with one attached hydrogen (secondary N) is 1. The Kier molecular flexibility index (Phi) is 4.91. The summed E-state index contributed by atoms with van der Waals surface area (Å²) in [6.45, 7) is 0. The average molecular weight is 339 g/mol. The highest BCUT2D eigenvalue weighted by Crippen LogP contribution is 2.28. The molecule has 24 heavy (non-hydrogen) atoms. The molecule has 4 nitrogen and oxygen atoms in total. The van der Waals surface area contributed by atoms with Crippen molar-refractivity contribution in [1.82, 2.24) is 0 Å². The summed E-state index contributed by atoms with van der Waals surface area (Å²) in [6, 6.07) is 15.2. The second-order valence-corrected chi connectivity index (χ2v) is 5.96. The molecule has 0 saturated heterocycles.